The standard InChI is InChI=1S/C18H28N2O2S/c21-17(19-15-7-11-1-3-13(15)5-11)9-23-10-18(22)20-16-8-12-2-4-14(16)6-12/h11-16H,1-10H2,(H,19,21)(H,20,22)/t11-,12-,13-,14-,15+,16+/m0/s1. The van der Waals surface area contributed by atoms with Crippen LogP contribution in [0.4, 0.5) is 0 Å². The minimum atomic E-state index is 0.111. The molecule has 6 atom stereocenters. The summed E-state index contributed by atoms with van der Waals surface area (Å²) in [5.74, 6) is 4.19. The fraction of sp³-hybridized carbons (Fsp3) is 0.889. The molecule has 0 aromatic rings. The molecule has 4 nitrogen and oxygen atoms in total. The average Bonchev–Trinajstić information content (AvgIpc) is 3.28. The van der Waals surface area contributed by atoms with Crippen molar-refractivity contribution in [2.75, 3.05) is 11.5 Å². The number of carbonyl (C=O) groups excluding carboxylic acids is 2. The number of hydrogen-bond acceptors (Lipinski definition) is 3. The van der Waals surface area contributed by atoms with E-state index in [0.29, 0.717) is 23.6 Å². The molecule has 0 aromatic heterocycles. The lowest BCUT2D eigenvalue weighted by Crippen LogP contribution is -2.41. The molecule has 23 heavy (non-hydrogen) atoms. The predicted octanol–water partition coefficient (Wildman–Crippen LogP) is 2.33. The first-order valence-electron chi connectivity index (χ1n) is 9.34. The number of hydrogen-bond donors (Lipinski definition) is 2. The summed E-state index contributed by atoms with van der Waals surface area (Å²) < 4.78 is 0. The molecule has 0 heterocycles. The highest BCUT2D eigenvalue weighted by atomic mass is 32.2. The second-order valence-corrected chi connectivity index (χ2v) is 9.18. The van der Waals surface area contributed by atoms with Crippen LogP contribution in [0.2, 0.25) is 0 Å². The summed E-state index contributed by atoms with van der Waals surface area (Å²) in [6, 6.07) is 0.814. The van der Waals surface area contributed by atoms with Gasteiger partial charge >= 0.3 is 0 Å². The van der Waals surface area contributed by atoms with E-state index in [9.17, 15) is 9.59 Å². The molecule has 0 radical (unpaired) electrons. The van der Waals surface area contributed by atoms with Gasteiger partial charge in [-0.3, -0.25) is 9.59 Å². The number of carbonyl (C=O) groups is 2. The molecular formula is C18H28N2O2S. The molecule has 2 N–H and O–H groups in total. The zero-order valence-corrected chi connectivity index (χ0v) is 14.6. The van der Waals surface area contributed by atoms with E-state index in [4.69, 9.17) is 0 Å². The number of amides is 2. The third-order valence-electron chi connectivity index (χ3n) is 6.64. The van der Waals surface area contributed by atoms with E-state index >= 15 is 0 Å². The molecule has 0 spiro atoms. The van der Waals surface area contributed by atoms with E-state index in [1.54, 1.807) is 0 Å². The maximum Gasteiger partial charge on any atom is 0.230 e. The highest BCUT2D eigenvalue weighted by Crippen LogP contribution is 2.45. The summed E-state index contributed by atoms with van der Waals surface area (Å²) in [5, 5.41) is 6.38. The molecule has 2 amide bonds. The summed E-state index contributed by atoms with van der Waals surface area (Å²) >= 11 is 1.45. The lowest BCUT2D eigenvalue weighted by molar-refractivity contribution is -0.120. The Morgan fingerprint density at radius 1 is 0.739 bits per heavy atom. The van der Waals surface area contributed by atoms with E-state index in [2.05, 4.69) is 10.6 Å². The predicted molar refractivity (Wildman–Crippen MR) is 92.1 cm³/mol. The highest BCUT2D eigenvalue weighted by Gasteiger charge is 2.41. The molecule has 5 heteroatoms. The van der Waals surface area contributed by atoms with Crippen molar-refractivity contribution in [3.63, 3.8) is 0 Å². The first kappa shape index (κ1) is 15.8. The lowest BCUT2D eigenvalue weighted by atomic mass is 9.95. The van der Waals surface area contributed by atoms with Crippen LogP contribution < -0.4 is 10.6 Å². The Morgan fingerprint density at radius 2 is 1.22 bits per heavy atom. The molecular weight excluding hydrogens is 308 g/mol. The Labute approximate surface area is 142 Å². The first-order valence-corrected chi connectivity index (χ1v) is 10.5. The largest absolute Gasteiger partial charge is 0.352 e. The van der Waals surface area contributed by atoms with Crippen molar-refractivity contribution in [1.29, 1.82) is 0 Å². The molecule has 0 aromatic carbocycles. The molecule has 4 aliphatic carbocycles. The van der Waals surface area contributed by atoms with E-state index in [1.165, 1.54) is 63.1 Å². The molecule has 128 valence electrons. The summed E-state index contributed by atoms with van der Waals surface area (Å²) in [5.41, 5.74) is 0. The zero-order valence-electron chi connectivity index (χ0n) is 13.8. The topological polar surface area (TPSA) is 58.2 Å². The molecule has 4 saturated carbocycles. The monoisotopic (exact) mass is 336 g/mol. The normalized spacial score (nSPS) is 40.5. The second-order valence-electron chi connectivity index (χ2n) is 8.19. The maximum atomic E-state index is 12.0. The molecule has 4 fully saturated rings. The molecule has 4 bridgehead atoms. The van der Waals surface area contributed by atoms with Crippen molar-refractivity contribution in [3.8, 4) is 0 Å². The second kappa shape index (κ2) is 6.66. The zero-order chi connectivity index (χ0) is 15.8. The van der Waals surface area contributed by atoms with Crippen LogP contribution in [0.3, 0.4) is 0 Å². The summed E-state index contributed by atoms with van der Waals surface area (Å²) in [7, 11) is 0. The Kier molecular flexibility index (Phi) is 4.57. The van der Waals surface area contributed by atoms with Gasteiger partial charge in [0.15, 0.2) is 0 Å². The van der Waals surface area contributed by atoms with Crippen LogP contribution in [0, 0.1) is 23.7 Å². The Balaban J connectivity index is 1.11. The van der Waals surface area contributed by atoms with Crippen molar-refractivity contribution >= 4 is 23.6 Å². The van der Waals surface area contributed by atoms with Gasteiger partial charge in [0, 0.05) is 12.1 Å². The number of fused-ring (bicyclic) bond motifs is 4. The van der Waals surface area contributed by atoms with Gasteiger partial charge in [0.2, 0.25) is 11.8 Å². The van der Waals surface area contributed by atoms with Gasteiger partial charge in [0.05, 0.1) is 11.5 Å². The van der Waals surface area contributed by atoms with E-state index in [1.807, 2.05) is 0 Å². The smallest absolute Gasteiger partial charge is 0.230 e. The summed E-state index contributed by atoms with van der Waals surface area (Å²) in [6.07, 6.45) is 10.2. The number of thioether (sulfide) groups is 1. The fourth-order valence-corrected chi connectivity index (χ4v) is 6.22. The number of nitrogens with one attached hydrogen (secondary N) is 2. The first-order chi connectivity index (χ1) is 11.2. The van der Waals surface area contributed by atoms with Gasteiger partial charge in [-0.05, 0) is 62.2 Å². The van der Waals surface area contributed by atoms with Gasteiger partial charge in [-0.15, -0.1) is 11.8 Å². The van der Waals surface area contributed by atoms with Crippen LogP contribution in [0.5, 0.6) is 0 Å². The van der Waals surface area contributed by atoms with Crippen LogP contribution in [-0.4, -0.2) is 35.4 Å². The number of rotatable bonds is 6. The van der Waals surface area contributed by atoms with Crippen molar-refractivity contribution in [3.05, 3.63) is 0 Å². The summed E-state index contributed by atoms with van der Waals surface area (Å²) in [4.78, 5) is 24.1. The minimum absolute atomic E-state index is 0.111. The van der Waals surface area contributed by atoms with E-state index < -0.39 is 0 Å². The molecule has 0 saturated heterocycles. The molecule has 4 aliphatic rings. The molecule has 0 aliphatic heterocycles. The molecule has 4 rings (SSSR count). The van der Waals surface area contributed by atoms with Gasteiger partial charge in [-0.1, -0.05) is 12.8 Å². The van der Waals surface area contributed by atoms with Crippen LogP contribution in [-0.2, 0) is 9.59 Å². The fourth-order valence-electron chi connectivity index (χ4n) is 5.58. The van der Waals surface area contributed by atoms with Crippen molar-refractivity contribution in [1.82, 2.24) is 10.6 Å². The third-order valence-corrected chi connectivity index (χ3v) is 7.57. The van der Waals surface area contributed by atoms with E-state index in [-0.39, 0.29) is 11.8 Å². The van der Waals surface area contributed by atoms with Crippen LogP contribution in [0.25, 0.3) is 0 Å². The quantitative estimate of drug-likeness (QED) is 0.783. The van der Waals surface area contributed by atoms with Crippen LogP contribution in [0.1, 0.15) is 51.4 Å². The van der Waals surface area contributed by atoms with Crippen molar-refractivity contribution in [2.45, 2.75) is 63.5 Å². The minimum Gasteiger partial charge on any atom is -0.352 e. The molecule has 0 unspecified atom stereocenters. The van der Waals surface area contributed by atoms with Crippen molar-refractivity contribution in [2.24, 2.45) is 23.7 Å². The van der Waals surface area contributed by atoms with Gasteiger partial charge in [-0.2, -0.15) is 0 Å². The van der Waals surface area contributed by atoms with E-state index in [0.717, 1.165) is 23.7 Å². The van der Waals surface area contributed by atoms with Crippen LogP contribution in [0.15, 0.2) is 0 Å². The Hall–Kier alpha value is -0.710. The maximum absolute atomic E-state index is 12.0. The van der Waals surface area contributed by atoms with Gasteiger partial charge in [0.1, 0.15) is 0 Å². The average molecular weight is 337 g/mol. The van der Waals surface area contributed by atoms with Gasteiger partial charge in [0.25, 0.3) is 0 Å². The third kappa shape index (κ3) is 3.54. The van der Waals surface area contributed by atoms with Crippen molar-refractivity contribution < 1.29 is 9.59 Å². The SMILES string of the molecule is O=C(CSCC(=O)N[C@@H]1C[C@H]2CC[C@H]1C2)N[C@@H]1C[C@H]2CC[C@H]1C2. The Morgan fingerprint density at radius 3 is 1.57 bits per heavy atom. The lowest BCUT2D eigenvalue weighted by Gasteiger charge is -2.23. The summed E-state index contributed by atoms with van der Waals surface area (Å²) in [6.45, 7) is 0. The van der Waals surface area contributed by atoms with Gasteiger partial charge < -0.3 is 10.6 Å². The Bertz CT molecular complexity index is 442. The van der Waals surface area contributed by atoms with Gasteiger partial charge in [-0.25, -0.2) is 0 Å². The van der Waals surface area contributed by atoms with Crippen LogP contribution >= 0.6 is 11.8 Å². The highest BCUT2D eigenvalue weighted by molar-refractivity contribution is 8.00.